The first kappa shape index (κ1) is 13.9. The van der Waals surface area contributed by atoms with E-state index >= 15 is 0 Å². The van der Waals surface area contributed by atoms with Crippen LogP contribution in [0.4, 0.5) is 0 Å². The SMILES string of the molecule is CC(O)CC(C)NC1CC(c2ccc(Cl)cc2)C1. The summed E-state index contributed by atoms with van der Waals surface area (Å²) in [6.45, 7) is 3.98. The molecule has 1 saturated carbocycles. The van der Waals surface area contributed by atoms with E-state index in [9.17, 15) is 5.11 Å². The number of hydrogen-bond acceptors (Lipinski definition) is 2. The standard InChI is InChI=1S/C15H22ClNO/c1-10(7-11(2)18)17-15-8-13(9-15)12-3-5-14(16)6-4-12/h3-6,10-11,13,15,17-18H,7-9H2,1-2H3. The van der Waals surface area contributed by atoms with Crippen molar-refractivity contribution < 1.29 is 5.11 Å². The van der Waals surface area contributed by atoms with Gasteiger partial charge >= 0.3 is 0 Å². The summed E-state index contributed by atoms with van der Waals surface area (Å²) in [7, 11) is 0. The van der Waals surface area contributed by atoms with Crippen molar-refractivity contribution in [3.05, 3.63) is 34.9 Å². The van der Waals surface area contributed by atoms with Gasteiger partial charge < -0.3 is 10.4 Å². The van der Waals surface area contributed by atoms with Crippen LogP contribution in [0.1, 0.15) is 44.6 Å². The molecule has 1 fully saturated rings. The van der Waals surface area contributed by atoms with Gasteiger partial charge in [-0.2, -0.15) is 0 Å². The Morgan fingerprint density at radius 3 is 2.44 bits per heavy atom. The van der Waals surface area contributed by atoms with Crippen LogP contribution in [0.2, 0.25) is 5.02 Å². The Labute approximate surface area is 114 Å². The Balaban J connectivity index is 1.75. The van der Waals surface area contributed by atoms with Crippen LogP contribution in [-0.4, -0.2) is 23.3 Å². The largest absolute Gasteiger partial charge is 0.393 e. The molecule has 0 heterocycles. The Bertz CT molecular complexity index is 371. The summed E-state index contributed by atoms with van der Waals surface area (Å²) in [5, 5.41) is 13.7. The average Bonchev–Trinajstić information content (AvgIpc) is 2.23. The molecule has 0 radical (unpaired) electrons. The number of aliphatic hydroxyl groups is 1. The van der Waals surface area contributed by atoms with Crippen LogP contribution in [0.5, 0.6) is 0 Å². The van der Waals surface area contributed by atoms with E-state index in [1.807, 2.05) is 19.1 Å². The monoisotopic (exact) mass is 267 g/mol. The second kappa shape index (κ2) is 6.05. The highest BCUT2D eigenvalue weighted by Crippen LogP contribution is 2.37. The van der Waals surface area contributed by atoms with Crippen molar-refractivity contribution in [1.82, 2.24) is 5.32 Å². The van der Waals surface area contributed by atoms with Gasteiger partial charge in [0.15, 0.2) is 0 Å². The van der Waals surface area contributed by atoms with Gasteiger partial charge in [-0.3, -0.25) is 0 Å². The van der Waals surface area contributed by atoms with Crippen molar-refractivity contribution in [2.75, 3.05) is 0 Å². The van der Waals surface area contributed by atoms with E-state index in [4.69, 9.17) is 11.6 Å². The van der Waals surface area contributed by atoms with E-state index in [0.717, 1.165) is 11.4 Å². The zero-order valence-corrected chi connectivity index (χ0v) is 11.8. The highest BCUT2D eigenvalue weighted by atomic mass is 35.5. The van der Waals surface area contributed by atoms with E-state index in [1.165, 1.54) is 18.4 Å². The molecule has 0 bridgehead atoms. The molecule has 2 N–H and O–H groups in total. The second-order valence-corrected chi connectivity index (χ2v) is 6.01. The van der Waals surface area contributed by atoms with Gasteiger partial charge in [-0.25, -0.2) is 0 Å². The molecule has 0 aromatic heterocycles. The van der Waals surface area contributed by atoms with Gasteiger partial charge in [0.25, 0.3) is 0 Å². The van der Waals surface area contributed by atoms with Crippen LogP contribution in [-0.2, 0) is 0 Å². The van der Waals surface area contributed by atoms with Gasteiger partial charge in [0.1, 0.15) is 0 Å². The van der Waals surface area contributed by atoms with Crippen molar-refractivity contribution in [3.63, 3.8) is 0 Å². The summed E-state index contributed by atoms with van der Waals surface area (Å²) in [6.07, 6.45) is 2.97. The maximum absolute atomic E-state index is 9.33. The Morgan fingerprint density at radius 1 is 1.28 bits per heavy atom. The van der Waals surface area contributed by atoms with Gasteiger partial charge in [-0.05, 0) is 56.7 Å². The summed E-state index contributed by atoms with van der Waals surface area (Å²) < 4.78 is 0. The smallest absolute Gasteiger partial charge is 0.0526 e. The first-order valence-electron chi connectivity index (χ1n) is 6.74. The minimum Gasteiger partial charge on any atom is -0.393 e. The number of benzene rings is 1. The molecule has 100 valence electrons. The molecule has 1 aliphatic rings. The fraction of sp³-hybridized carbons (Fsp3) is 0.600. The van der Waals surface area contributed by atoms with Crippen LogP contribution >= 0.6 is 11.6 Å². The van der Waals surface area contributed by atoms with E-state index in [1.54, 1.807) is 0 Å². The molecule has 0 saturated heterocycles. The van der Waals surface area contributed by atoms with Gasteiger partial charge in [-0.1, -0.05) is 23.7 Å². The second-order valence-electron chi connectivity index (χ2n) is 5.57. The van der Waals surface area contributed by atoms with E-state index in [0.29, 0.717) is 18.0 Å². The Hall–Kier alpha value is -0.570. The predicted molar refractivity (Wildman–Crippen MR) is 76.1 cm³/mol. The minimum absolute atomic E-state index is 0.223. The van der Waals surface area contributed by atoms with E-state index < -0.39 is 0 Å². The van der Waals surface area contributed by atoms with Crippen molar-refractivity contribution in [2.45, 2.75) is 57.2 Å². The number of hydrogen-bond donors (Lipinski definition) is 2. The lowest BCUT2D eigenvalue weighted by Crippen LogP contribution is -2.45. The average molecular weight is 268 g/mol. The maximum atomic E-state index is 9.33. The highest BCUT2D eigenvalue weighted by molar-refractivity contribution is 6.30. The molecule has 1 aromatic carbocycles. The quantitative estimate of drug-likeness (QED) is 0.858. The Morgan fingerprint density at radius 2 is 1.89 bits per heavy atom. The molecular formula is C15H22ClNO. The molecule has 2 nitrogen and oxygen atoms in total. The van der Waals surface area contributed by atoms with Crippen LogP contribution in [0.3, 0.4) is 0 Å². The molecule has 0 amide bonds. The van der Waals surface area contributed by atoms with Crippen LogP contribution < -0.4 is 5.32 Å². The molecule has 0 aliphatic heterocycles. The van der Waals surface area contributed by atoms with E-state index in [2.05, 4.69) is 24.4 Å². The minimum atomic E-state index is -0.223. The maximum Gasteiger partial charge on any atom is 0.0526 e. The predicted octanol–water partition coefficient (Wildman–Crippen LogP) is 3.34. The molecule has 18 heavy (non-hydrogen) atoms. The lowest BCUT2D eigenvalue weighted by atomic mass is 9.75. The normalized spacial score (nSPS) is 26.4. The van der Waals surface area contributed by atoms with E-state index in [-0.39, 0.29) is 6.10 Å². The summed E-state index contributed by atoms with van der Waals surface area (Å²) in [5.74, 6) is 0.665. The van der Waals surface area contributed by atoms with Crippen molar-refractivity contribution in [2.24, 2.45) is 0 Å². The number of nitrogens with one attached hydrogen (secondary N) is 1. The lowest BCUT2D eigenvalue weighted by Gasteiger charge is -2.38. The fourth-order valence-electron chi connectivity index (χ4n) is 2.74. The molecular weight excluding hydrogens is 246 g/mol. The molecule has 2 rings (SSSR count). The zero-order valence-electron chi connectivity index (χ0n) is 11.1. The van der Waals surface area contributed by atoms with Gasteiger partial charge in [0.2, 0.25) is 0 Å². The van der Waals surface area contributed by atoms with Gasteiger partial charge in [0.05, 0.1) is 6.10 Å². The zero-order chi connectivity index (χ0) is 13.1. The number of halogens is 1. The summed E-state index contributed by atoms with van der Waals surface area (Å²) in [4.78, 5) is 0. The summed E-state index contributed by atoms with van der Waals surface area (Å²) in [6, 6.07) is 9.17. The molecule has 2 atom stereocenters. The molecule has 1 aromatic rings. The number of aliphatic hydroxyl groups excluding tert-OH is 1. The third kappa shape index (κ3) is 3.71. The first-order chi connectivity index (χ1) is 8.54. The highest BCUT2D eigenvalue weighted by Gasteiger charge is 2.30. The fourth-order valence-corrected chi connectivity index (χ4v) is 2.87. The molecule has 0 spiro atoms. The Kier molecular flexibility index (Phi) is 4.66. The van der Waals surface area contributed by atoms with Gasteiger partial charge in [0, 0.05) is 17.1 Å². The van der Waals surface area contributed by atoms with Crippen LogP contribution in [0.25, 0.3) is 0 Å². The van der Waals surface area contributed by atoms with Crippen LogP contribution in [0, 0.1) is 0 Å². The third-order valence-electron chi connectivity index (χ3n) is 3.69. The molecule has 3 heteroatoms. The lowest BCUT2D eigenvalue weighted by molar-refractivity contribution is 0.159. The van der Waals surface area contributed by atoms with Crippen molar-refractivity contribution in [3.8, 4) is 0 Å². The van der Waals surface area contributed by atoms with Crippen molar-refractivity contribution >= 4 is 11.6 Å². The third-order valence-corrected chi connectivity index (χ3v) is 3.95. The summed E-state index contributed by atoms with van der Waals surface area (Å²) >= 11 is 5.89. The molecule has 1 aliphatic carbocycles. The summed E-state index contributed by atoms with van der Waals surface area (Å²) in [5.41, 5.74) is 1.39. The number of rotatable bonds is 5. The molecule has 2 unspecified atom stereocenters. The topological polar surface area (TPSA) is 32.3 Å². The van der Waals surface area contributed by atoms with Gasteiger partial charge in [-0.15, -0.1) is 0 Å². The van der Waals surface area contributed by atoms with Crippen LogP contribution in [0.15, 0.2) is 24.3 Å². The first-order valence-corrected chi connectivity index (χ1v) is 7.12. The van der Waals surface area contributed by atoms with Crippen molar-refractivity contribution in [1.29, 1.82) is 0 Å².